The van der Waals surface area contributed by atoms with Crippen LogP contribution in [-0.4, -0.2) is 27.3 Å². The molecule has 0 spiro atoms. The lowest BCUT2D eigenvalue weighted by molar-refractivity contribution is 0.206. The average molecular weight is 212 g/mol. The van der Waals surface area contributed by atoms with Gasteiger partial charge in [-0.15, -0.1) is 0 Å². The van der Waals surface area contributed by atoms with Gasteiger partial charge in [-0.3, -0.25) is 0 Å². The van der Waals surface area contributed by atoms with Crippen molar-refractivity contribution in [3.05, 3.63) is 29.6 Å². The minimum absolute atomic E-state index is 0.253. The number of nitrogens with two attached hydrogens (primary N) is 1. The molecule has 0 fully saturated rings. The maximum atomic E-state index is 13.2. The van der Waals surface area contributed by atoms with E-state index in [0.29, 0.717) is 13.2 Å². The predicted octanol–water partition coefficient (Wildman–Crippen LogP) is 1.37. The van der Waals surface area contributed by atoms with Gasteiger partial charge in [0.05, 0.1) is 6.61 Å². The van der Waals surface area contributed by atoms with Crippen molar-refractivity contribution < 1.29 is 9.13 Å². The second kappa shape index (κ2) is 5.68. The topological polar surface area (TPSA) is 38.5 Å². The van der Waals surface area contributed by atoms with Gasteiger partial charge in [0.25, 0.3) is 0 Å². The van der Waals surface area contributed by atoms with Crippen LogP contribution in [0.15, 0.2) is 18.2 Å². The van der Waals surface area contributed by atoms with E-state index in [0.717, 1.165) is 17.8 Å². The normalized spacial score (nSPS) is 10.4. The van der Waals surface area contributed by atoms with Gasteiger partial charge in [0.15, 0.2) is 0 Å². The molecule has 0 radical (unpaired) electrons. The van der Waals surface area contributed by atoms with E-state index in [2.05, 4.69) is 0 Å². The van der Waals surface area contributed by atoms with Gasteiger partial charge in [-0.2, -0.15) is 0 Å². The first kappa shape index (κ1) is 11.9. The zero-order chi connectivity index (χ0) is 11.3. The molecule has 4 heteroatoms. The highest BCUT2D eigenvalue weighted by Gasteiger charge is 2.04. The average Bonchev–Trinajstić information content (AvgIpc) is 2.24. The highest BCUT2D eigenvalue weighted by atomic mass is 19.1. The molecule has 0 aromatic heterocycles. The van der Waals surface area contributed by atoms with Crippen LogP contribution in [-0.2, 0) is 11.3 Å². The Morgan fingerprint density at radius 3 is 2.73 bits per heavy atom. The van der Waals surface area contributed by atoms with Gasteiger partial charge < -0.3 is 15.4 Å². The quantitative estimate of drug-likeness (QED) is 0.801. The van der Waals surface area contributed by atoms with Crippen molar-refractivity contribution in [2.75, 3.05) is 32.2 Å². The molecule has 84 valence electrons. The van der Waals surface area contributed by atoms with Crippen LogP contribution in [0.1, 0.15) is 5.56 Å². The summed E-state index contributed by atoms with van der Waals surface area (Å²) in [6.07, 6.45) is 0. The summed E-state index contributed by atoms with van der Waals surface area (Å²) in [5, 5.41) is 0. The largest absolute Gasteiger partial charge is 0.383 e. The molecule has 1 aromatic rings. The minimum atomic E-state index is -0.253. The van der Waals surface area contributed by atoms with Crippen LogP contribution in [0.5, 0.6) is 0 Å². The first-order valence-electron chi connectivity index (χ1n) is 4.87. The predicted molar refractivity (Wildman–Crippen MR) is 59.4 cm³/mol. The third-order valence-corrected chi connectivity index (χ3v) is 2.25. The van der Waals surface area contributed by atoms with Crippen molar-refractivity contribution in [2.45, 2.75) is 6.54 Å². The Hall–Kier alpha value is -1.13. The van der Waals surface area contributed by atoms with Crippen LogP contribution >= 0.6 is 0 Å². The molecule has 2 N–H and O–H groups in total. The molecule has 1 rings (SSSR count). The minimum Gasteiger partial charge on any atom is -0.383 e. The molecule has 0 atom stereocenters. The number of anilines is 1. The number of benzene rings is 1. The molecule has 0 bridgehead atoms. The summed E-state index contributed by atoms with van der Waals surface area (Å²) in [5.41, 5.74) is 7.10. The second-order valence-electron chi connectivity index (χ2n) is 3.44. The third kappa shape index (κ3) is 3.49. The number of methoxy groups -OCH3 is 1. The molecule has 0 aliphatic heterocycles. The van der Waals surface area contributed by atoms with Gasteiger partial charge in [0, 0.05) is 32.9 Å². The zero-order valence-corrected chi connectivity index (χ0v) is 9.16. The molecule has 1 aromatic carbocycles. The van der Waals surface area contributed by atoms with E-state index in [4.69, 9.17) is 10.5 Å². The lowest BCUT2D eigenvalue weighted by Gasteiger charge is -2.19. The Kier molecular flexibility index (Phi) is 4.52. The van der Waals surface area contributed by atoms with Crippen LogP contribution in [0.3, 0.4) is 0 Å². The summed E-state index contributed by atoms with van der Waals surface area (Å²) < 4.78 is 18.1. The van der Waals surface area contributed by atoms with Crippen LogP contribution in [0.2, 0.25) is 0 Å². The van der Waals surface area contributed by atoms with Gasteiger partial charge in [0.2, 0.25) is 0 Å². The van der Waals surface area contributed by atoms with Crippen LogP contribution < -0.4 is 10.6 Å². The van der Waals surface area contributed by atoms with Gasteiger partial charge in [0.1, 0.15) is 5.82 Å². The summed E-state index contributed by atoms with van der Waals surface area (Å²) in [6, 6.07) is 4.83. The van der Waals surface area contributed by atoms with Gasteiger partial charge >= 0.3 is 0 Å². The highest BCUT2D eigenvalue weighted by molar-refractivity contribution is 5.48. The van der Waals surface area contributed by atoms with E-state index in [1.807, 2.05) is 18.0 Å². The van der Waals surface area contributed by atoms with Crippen LogP contribution in [0.25, 0.3) is 0 Å². The number of likely N-dealkylation sites (N-methyl/N-ethyl adjacent to an activating group) is 1. The van der Waals surface area contributed by atoms with E-state index in [1.165, 1.54) is 12.1 Å². The zero-order valence-electron chi connectivity index (χ0n) is 9.16. The summed E-state index contributed by atoms with van der Waals surface area (Å²) >= 11 is 0. The smallest absolute Gasteiger partial charge is 0.125 e. The van der Waals surface area contributed by atoms with E-state index >= 15 is 0 Å². The molecule has 0 unspecified atom stereocenters. The number of nitrogens with zero attached hydrogens (tertiary/aromatic N) is 1. The van der Waals surface area contributed by atoms with Crippen molar-refractivity contribution in [3.8, 4) is 0 Å². The fourth-order valence-corrected chi connectivity index (χ4v) is 1.33. The molecular weight excluding hydrogens is 195 g/mol. The van der Waals surface area contributed by atoms with Crippen molar-refractivity contribution in [1.29, 1.82) is 0 Å². The fraction of sp³-hybridized carbons (Fsp3) is 0.455. The summed E-state index contributed by atoms with van der Waals surface area (Å²) in [6.45, 7) is 1.69. The number of halogens is 1. The van der Waals surface area contributed by atoms with Crippen LogP contribution in [0.4, 0.5) is 10.1 Å². The van der Waals surface area contributed by atoms with Gasteiger partial charge in [-0.1, -0.05) is 0 Å². The van der Waals surface area contributed by atoms with Crippen molar-refractivity contribution in [1.82, 2.24) is 0 Å². The monoisotopic (exact) mass is 212 g/mol. The Morgan fingerprint density at radius 2 is 2.13 bits per heavy atom. The summed E-state index contributed by atoms with van der Waals surface area (Å²) in [4.78, 5) is 1.94. The highest BCUT2D eigenvalue weighted by Crippen LogP contribution is 2.17. The van der Waals surface area contributed by atoms with E-state index < -0.39 is 0 Å². The van der Waals surface area contributed by atoms with E-state index in [1.54, 1.807) is 7.11 Å². The van der Waals surface area contributed by atoms with E-state index in [9.17, 15) is 4.39 Å². The van der Waals surface area contributed by atoms with Gasteiger partial charge in [-0.25, -0.2) is 4.39 Å². The maximum absolute atomic E-state index is 13.2. The molecule has 0 amide bonds. The third-order valence-electron chi connectivity index (χ3n) is 2.25. The van der Waals surface area contributed by atoms with Crippen molar-refractivity contribution in [3.63, 3.8) is 0 Å². The van der Waals surface area contributed by atoms with E-state index in [-0.39, 0.29) is 5.82 Å². The molecule has 15 heavy (non-hydrogen) atoms. The Bertz CT molecular complexity index is 317. The SMILES string of the molecule is COCCN(C)c1cc(F)cc(CN)c1. The molecule has 0 saturated carbocycles. The maximum Gasteiger partial charge on any atom is 0.125 e. The molecule has 0 saturated heterocycles. The fourth-order valence-electron chi connectivity index (χ4n) is 1.33. The number of hydrogen-bond donors (Lipinski definition) is 1. The van der Waals surface area contributed by atoms with Crippen molar-refractivity contribution in [2.24, 2.45) is 5.73 Å². The molecule has 0 aliphatic carbocycles. The Labute approximate surface area is 89.6 Å². The lowest BCUT2D eigenvalue weighted by Crippen LogP contribution is -2.22. The first-order chi connectivity index (χ1) is 7.17. The van der Waals surface area contributed by atoms with Crippen LogP contribution in [0, 0.1) is 5.82 Å². The number of rotatable bonds is 5. The standard InChI is InChI=1S/C11H17FN2O/c1-14(3-4-15-2)11-6-9(8-13)5-10(12)7-11/h5-7H,3-4,8,13H2,1-2H3. The Balaban J connectivity index is 2.78. The Morgan fingerprint density at radius 1 is 1.40 bits per heavy atom. The molecular formula is C11H17FN2O. The summed E-state index contributed by atoms with van der Waals surface area (Å²) in [5.74, 6) is -0.253. The second-order valence-corrected chi connectivity index (χ2v) is 3.44. The molecule has 0 aliphatic rings. The summed E-state index contributed by atoms with van der Waals surface area (Å²) in [7, 11) is 3.54. The molecule has 0 heterocycles. The first-order valence-corrected chi connectivity index (χ1v) is 4.87. The number of hydrogen-bond acceptors (Lipinski definition) is 3. The molecule has 3 nitrogen and oxygen atoms in total. The lowest BCUT2D eigenvalue weighted by atomic mass is 10.2. The van der Waals surface area contributed by atoms with Gasteiger partial charge in [-0.05, 0) is 23.8 Å². The van der Waals surface area contributed by atoms with Crippen molar-refractivity contribution >= 4 is 5.69 Å². The number of ether oxygens (including phenoxy) is 1.